The molecule has 1 aromatic rings. The first-order valence-electron chi connectivity index (χ1n) is 6.92. The van der Waals surface area contributed by atoms with Gasteiger partial charge in [0.2, 0.25) is 0 Å². The van der Waals surface area contributed by atoms with Crippen molar-refractivity contribution in [3.8, 4) is 0 Å². The Bertz CT molecular complexity index is 452. The van der Waals surface area contributed by atoms with Crippen molar-refractivity contribution in [3.05, 3.63) is 30.2 Å². The van der Waals surface area contributed by atoms with Crippen LogP contribution in [0, 0.1) is 0 Å². The van der Waals surface area contributed by atoms with Crippen LogP contribution in [0.1, 0.15) is 37.3 Å². The van der Waals surface area contributed by atoms with Crippen molar-refractivity contribution < 1.29 is 14.1 Å². The number of rotatable bonds is 6. The first-order valence-corrected chi connectivity index (χ1v) is 6.92. The van der Waals surface area contributed by atoms with Crippen molar-refractivity contribution in [2.45, 2.75) is 38.3 Å². The van der Waals surface area contributed by atoms with Crippen LogP contribution in [-0.4, -0.2) is 30.4 Å². The number of ether oxygens (including phenoxy) is 1. The van der Waals surface area contributed by atoms with E-state index in [1.54, 1.807) is 0 Å². The van der Waals surface area contributed by atoms with Gasteiger partial charge in [0.25, 0.3) is 0 Å². The standard InChI is InChI=1S/C14H21N3O3/c1-3-7-19-14(18)16-10(2)8-11-9-13(17-20-11)12-5-4-6-15-12/h3,9-10,12,15H,1,4-8H2,2H3,(H,16,18). The minimum Gasteiger partial charge on any atom is -0.445 e. The van der Waals surface area contributed by atoms with E-state index in [1.165, 1.54) is 12.5 Å². The second kappa shape index (κ2) is 7.09. The topological polar surface area (TPSA) is 76.4 Å². The first kappa shape index (κ1) is 14.6. The molecule has 1 aliphatic rings. The maximum absolute atomic E-state index is 11.4. The fourth-order valence-corrected chi connectivity index (χ4v) is 2.26. The van der Waals surface area contributed by atoms with Gasteiger partial charge in [-0.05, 0) is 26.3 Å². The Morgan fingerprint density at radius 3 is 3.35 bits per heavy atom. The van der Waals surface area contributed by atoms with Crippen LogP contribution < -0.4 is 10.6 Å². The number of nitrogens with zero attached hydrogens (tertiary/aromatic N) is 1. The molecule has 2 atom stereocenters. The maximum atomic E-state index is 11.4. The van der Waals surface area contributed by atoms with E-state index in [4.69, 9.17) is 9.26 Å². The van der Waals surface area contributed by atoms with Crippen molar-refractivity contribution in [3.63, 3.8) is 0 Å². The minimum atomic E-state index is -0.449. The minimum absolute atomic E-state index is 0.0790. The average Bonchev–Trinajstić information content (AvgIpc) is 3.06. The third kappa shape index (κ3) is 4.09. The zero-order valence-corrected chi connectivity index (χ0v) is 11.7. The number of carbonyl (C=O) groups excluding carboxylic acids is 1. The van der Waals surface area contributed by atoms with Gasteiger partial charge >= 0.3 is 6.09 Å². The summed E-state index contributed by atoms with van der Waals surface area (Å²) in [6, 6.07) is 2.17. The lowest BCUT2D eigenvalue weighted by atomic mass is 10.1. The van der Waals surface area contributed by atoms with Crippen LogP contribution >= 0.6 is 0 Å². The second-order valence-corrected chi connectivity index (χ2v) is 5.00. The molecule has 110 valence electrons. The Morgan fingerprint density at radius 2 is 2.65 bits per heavy atom. The lowest BCUT2D eigenvalue weighted by Crippen LogP contribution is -2.34. The van der Waals surface area contributed by atoms with Crippen molar-refractivity contribution >= 4 is 6.09 Å². The molecule has 2 unspecified atom stereocenters. The molecule has 0 spiro atoms. The van der Waals surface area contributed by atoms with Crippen LogP contribution in [0.25, 0.3) is 0 Å². The summed E-state index contributed by atoms with van der Waals surface area (Å²) in [6.07, 6.45) is 3.92. The monoisotopic (exact) mass is 279 g/mol. The smallest absolute Gasteiger partial charge is 0.407 e. The molecular weight excluding hydrogens is 258 g/mol. The van der Waals surface area contributed by atoms with Crippen LogP contribution in [0.15, 0.2) is 23.2 Å². The van der Waals surface area contributed by atoms with Gasteiger partial charge < -0.3 is 19.9 Å². The molecule has 0 aromatic carbocycles. The summed E-state index contributed by atoms with van der Waals surface area (Å²) in [4.78, 5) is 11.4. The highest BCUT2D eigenvalue weighted by atomic mass is 16.5. The second-order valence-electron chi connectivity index (χ2n) is 5.00. The highest BCUT2D eigenvalue weighted by molar-refractivity contribution is 5.67. The van der Waals surface area contributed by atoms with E-state index >= 15 is 0 Å². The van der Waals surface area contributed by atoms with Gasteiger partial charge in [0.1, 0.15) is 18.1 Å². The van der Waals surface area contributed by atoms with Gasteiger partial charge in [0.05, 0.1) is 6.04 Å². The van der Waals surface area contributed by atoms with E-state index in [9.17, 15) is 4.79 Å². The summed E-state index contributed by atoms with van der Waals surface area (Å²) in [7, 11) is 0. The maximum Gasteiger partial charge on any atom is 0.407 e. The van der Waals surface area contributed by atoms with Crippen molar-refractivity contribution in [1.29, 1.82) is 0 Å². The number of carbonyl (C=O) groups is 1. The lowest BCUT2D eigenvalue weighted by Gasteiger charge is -2.11. The van der Waals surface area contributed by atoms with E-state index in [1.807, 2.05) is 13.0 Å². The summed E-state index contributed by atoms with van der Waals surface area (Å²) in [6.45, 7) is 6.61. The van der Waals surface area contributed by atoms with Gasteiger partial charge in [0.15, 0.2) is 0 Å². The van der Waals surface area contributed by atoms with E-state index in [0.29, 0.717) is 12.5 Å². The zero-order chi connectivity index (χ0) is 14.4. The number of hydrogen-bond donors (Lipinski definition) is 2. The average molecular weight is 279 g/mol. The molecule has 0 radical (unpaired) electrons. The van der Waals surface area contributed by atoms with Gasteiger partial charge in [0, 0.05) is 18.5 Å². The molecule has 20 heavy (non-hydrogen) atoms. The fourth-order valence-electron chi connectivity index (χ4n) is 2.26. The normalized spacial score (nSPS) is 19.6. The summed E-state index contributed by atoms with van der Waals surface area (Å²) in [5.74, 6) is 0.769. The summed E-state index contributed by atoms with van der Waals surface area (Å²) < 4.78 is 10.2. The Labute approximate surface area is 118 Å². The van der Waals surface area contributed by atoms with Gasteiger partial charge in [-0.1, -0.05) is 17.8 Å². The molecular formula is C14H21N3O3. The third-order valence-electron chi connectivity index (χ3n) is 3.20. The lowest BCUT2D eigenvalue weighted by molar-refractivity contribution is 0.154. The van der Waals surface area contributed by atoms with Crippen LogP contribution in [-0.2, 0) is 11.2 Å². The Morgan fingerprint density at radius 1 is 1.80 bits per heavy atom. The molecule has 1 saturated heterocycles. The summed E-state index contributed by atoms with van der Waals surface area (Å²) in [5.41, 5.74) is 0.943. The predicted octanol–water partition coefficient (Wildman–Crippen LogP) is 1.94. The third-order valence-corrected chi connectivity index (χ3v) is 3.20. The highest BCUT2D eigenvalue weighted by Gasteiger charge is 2.20. The van der Waals surface area contributed by atoms with E-state index in [0.717, 1.165) is 24.4 Å². The number of hydrogen-bond acceptors (Lipinski definition) is 5. The molecule has 0 aliphatic carbocycles. The van der Waals surface area contributed by atoms with E-state index in [-0.39, 0.29) is 12.6 Å². The van der Waals surface area contributed by atoms with Crippen LogP contribution in [0.2, 0.25) is 0 Å². The largest absolute Gasteiger partial charge is 0.445 e. The molecule has 0 saturated carbocycles. The molecule has 1 aliphatic heterocycles. The molecule has 1 aromatic heterocycles. The van der Waals surface area contributed by atoms with Crippen molar-refractivity contribution in [1.82, 2.24) is 15.8 Å². The van der Waals surface area contributed by atoms with E-state index in [2.05, 4.69) is 22.4 Å². The first-order chi connectivity index (χ1) is 9.69. The molecule has 1 amide bonds. The fraction of sp³-hybridized carbons (Fsp3) is 0.571. The molecule has 2 rings (SSSR count). The van der Waals surface area contributed by atoms with E-state index < -0.39 is 6.09 Å². The SMILES string of the molecule is C=CCOC(=O)NC(C)Cc1cc(C2CCCN2)no1. The number of alkyl carbamates (subject to hydrolysis) is 1. The van der Waals surface area contributed by atoms with Crippen LogP contribution in [0.3, 0.4) is 0 Å². The molecule has 6 nitrogen and oxygen atoms in total. The molecule has 6 heteroatoms. The van der Waals surface area contributed by atoms with Gasteiger partial charge in [-0.3, -0.25) is 0 Å². The molecule has 0 bridgehead atoms. The summed E-state index contributed by atoms with van der Waals surface area (Å²) in [5, 5.41) is 10.2. The van der Waals surface area contributed by atoms with Gasteiger partial charge in [-0.2, -0.15) is 0 Å². The molecule has 2 heterocycles. The Balaban J connectivity index is 1.80. The van der Waals surface area contributed by atoms with Crippen LogP contribution in [0.5, 0.6) is 0 Å². The number of nitrogens with one attached hydrogen (secondary N) is 2. The molecule has 2 N–H and O–H groups in total. The number of amides is 1. The van der Waals surface area contributed by atoms with Gasteiger partial charge in [-0.15, -0.1) is 0 Å². The summed E-state index contributed by atoms with van der Waals surface area (Å²) >= 11 is 0. The zero-order valence-electron chi connectivity index (χ0n) is 11.7. The quantitative estimate of drug-likeness (QED) is 0.778. The number of aromatic nitrogens is 1. The Hall–Kier alpha value is -1.82. The van der Waals surface area contributed by atoms with Crippen LogP contribution in [0.4, 0.5) is 4.79 Å². The Kier molecular flexibility index (Phi) is 5.17. The predicted molar refractivity (Wildman–Crippen MR) is 74.3 cm³/mol. The highest BCUT2D eigenvalue weighted by Crippen LogP contribution is 2.22. The van der Waals surface area contributed by atoms with Gasteiger partial charge in [-0.25, -0.2) is 4.79 Å². The molecule has 1 fully saturated rings. The van der Waals surface area contributed by atoms with Crippen molar-refractivity contribution in [2.75, 3.05) is 13.2 Å². The van der Waals surface area contributed by atoms with Crippen molar-refractivity contribution in [2.24, 2.45) is 0 Å².